The van der Waals surface area contributed by atoms with Crippen LogP contribution in [0, 0.1) is 12.8 Å². The molecule has 0 fully saturated rings. The van der Waals surface area contributed by atoms with E-state index in [0.717, 1.165) is 5.56 Å². The van der Waals surface area contributed by atoms with Gasteiger partial charge in [-0.3, -0.25) is 4.98 Å². The number of esters is 1. The molecule has 0 spiro atoms. The number of pyridine rings is 1. The lowest BCUT2D eigenvalue weighted by Crippen LogP contribution is -2.12. The molecule has 0 amide bonds. The minimum Gasteiger partial charge on any atom is -0.461 e. The molecule has 0 aromatic carbocycles. The summed E-state index contributed by atoms with van der Waals surface area (Å²) in [6, 6.07) is 3.81. The van der Waals surface area contributed by atoms with Crippen LogP contribution in [0.1, 0.15) is 35.6 Å². The molecule has 0 saturated heterocycles. The third-order valence-corrected chi connectivity index (χ3v) is 2.78. The zero-order chi connectivity index (χ0) is 14.5. The molecule has 106 valence electrons. The second-order valence-electron chi connectivity index (χ2n) is 5.03. The van der Waals surface area contributed by atoms with E-state index in [9.17, 15) is 4.79 Å². The third kappa shape index (κ3) is 3.40. The number of aromatic nitrogens is 4. The fourth-order valence-electron chi connectivity index (χ4n) is 1.67. The molecule has 0 atom stereocenters. The molecule has 0 aliphatic heterocycles. The summed E-state index contributed by atoms with van der Waals surface area (Å²) in [4.78, 5) is 15.9. The average molecular weight is 274 g/mol. The summed E-state index contributed by atoms with van der Waals surface area (Å²) in [7, 11) is 0. The van der Waals surface area contributed by atoms with Crippen molar-refractivity contribution in [3.63, 3.8) is 0 Å². The SMILES string of the molecule is Cc1c(C(=O)OCC(C)C)nnn1Cc1cccnc1. The van der Waals surface area contributed by atoms with Crippen molar-refractivity contribution < 1.29 is 9.53 Å². The summed E-state index contributed by atoms with van der Waals surface area (Å²) in [6.45, 7) is 6.69. The summed E-state index contributed by atoms with van der Waals surface area (Å²) >= 11 is 0. The summed E-state index contributed by atoms with van der Waals surface area (Å²) < 4.78 is 6.84. The van der Waals surface area contributed by atoms with Crippen LogP contribution in [0.25, 0.3) is 0 Å². The zero-order valence-corrected chi connectivity index (χ0v) is 11.9. The molecule has 2 aromatic rings. The van der Waals surface area contributed by atoms with Gasteiger partial charge in [-0.15, -0.1) is 5.10 Å². The van der Waals surface area contributed by atoms with Crippen LogP contribution in [0.5, 0.6) is 0 Å². The number of ether oxygens (including phenoxy) is 1. The summed E-state index contributed by atoms with van der Waals surface area (Å²) in [5.41, 5.74) is 1.97. The predicted octanol–water partition coefficient (Wildman–Crippen LogP) is 1.84. The van der Waals surface area contributed by atoms with Crippen LogP contribution in [-0.4, -0.2) is 32.6 Å². The topological polar surface area (TPSA) is 69.9 Å². The molecule has 0 saturated carbocycles. The van der Waals surface area contributed by atoms with Crippen molar-refractivity contribution in [2.24, 2.45) is 5.92 Å². The Hall–Kier alpha value is -2.24. The molecule has 0 aliphatic carbocycles. The maximum atomic E-state index is 11.9. The Labute approximate surface area is 117 Å². The molecular formula is C14H18N4O2. The van der Waals surface area contributed by atoms with Crippen molar-refractivity contribution in [3.05, 3.63) is 41.5 Å². The first kappa shape index (κ1) is 14.2. The van der Waals surface area contributed by atoms with E-state index in [0.29, 0.717) is 24.8 Å². The molecular weight excluding hydrogens is 256 g/mol. The normalized spacial score (nSPS) is 10.8. The minimum absolute atomic E-state index is 0.273. The lowest BCUT2D eigenvalue weighted by molar-refractivity contribution is 0.0451. The third-order valence-electron chi connectivity index (χ3n) is 2.78. The van der Waals surface area contributed by atoms with E-state index in [1.807, 2.05) is 32.9 Å². The lowest BCUT2D eigenvalue weighted by Gasteiger charge is -2.06. The van der Waals surface area contributed by atoms with Gasteiger partial charge in [-0.25, -0.2) is 9.48 Å². The quantitative estimate of drug-likeness (QED) is 0.778. The first-order valence-electron chi connectivity index (χ1n) is 6.54. The highest BCUT2D eigenvalue weighted by atomic mass is 16.5. The van der Waals surface area contributed by atoms with Crippen LogP contribution < -0.4 is 0 Å². The van der Waals surface area contributed by atoms with Gasteiger partial charge in [0.25, 0.3) is 0 Å². The van der Waals surface area contributed by atoms with Crippen LogP contribution in [-0.2, 0) is 11.3 Å². The summed E-state index contributed by atoms with van der Waals surface area (Å²) in [5, 5.41) is 7.91. The maximum Gasteiger partial charge on any atom is 0.360 e. The number of hydrogen-bond acceptors (Lipinski definition) is 5. The number of hydrogen-bond donors (Lipinski definition) is 0. The van der Waals surface area contributed by atoms with Gasteiger partial charge < -0.3 is 4.74 Å². The van der Waals surface area contributed by atoms with Crippen molar-refractivity contribution in [2.45, 2.75) is 27.3 Å². The van der Waals surface area contributed by atoms with Gasteiger partial charge in [0.15, 0.2) is 5.69 Å². The molecule has 6 heteroatoms. The van der Waals surface area contributed by atoms with E-state index < -0.39 is 5.97 Å². The molecule has 0 unspecified atom stereocenters. The Morgan fingerprint density at radius 2 is 2.25 bits per heavy atom. The smallest absolute Gasteiger partial charge is 0.360 e. The predicted molar refractivity (Wildman–Crippen MR) is 73.2 cm³/mol. The zero-order valence-electron chi connectivity index (χ0n) is 11.9. The standard InChI is InChI=1S/C14H18N4O2/c1-10(2)9-20-14(19)13-11(3)18(17-16-13)8-12-5-4-6-15-7-12/h4-7,10H,8-9H2,1-3H3. The molecule has 2 heterocycles. The van der Waals surface area contributed by atoms with Crippen LogP contribution in [0.15, 0.2) is 24.5 Å². The molecule has 0 bridgehead atoms. The highest BCUT2D eigenvalue weighted by molar-refractivity contribution is 5.88. The van der Waals surface area contributed by atoms with Gasteiger partial charge in [-0.1, -0.05) is 25.1 Å². The summed E-state index contributed by atoms with van der Waals surface area (Å²) in [5.74, 6) is -0.127. The lowest BCUT2D eigenvalue weighted by atomic mass is 10.2. The van der Waals surface area contributed by atoms with Gasteiger partial charge in [-0.05, 0) is 24.5 Å². The van der Waals surface area contributed by atoms with Gasteiger partial charge in [0.1, 0.15) is 0 Å². The van der Waals surface area contributed by atoms with Crippen LogP contribution in [0.4, 0.5) is 0 Å². The fraction of sp³-hybridized carbons (Fsp3) is 0.429. The van der Waals surface area contributed by atoms with E-state index in [1.54, 1.807) is 17.1 Å². The second-order valence-corrected chi connectivity index (χ2v) is 5.03. The first-order chi connectivity index (χ1) is 9.58. The highest BCUT2D eigenvalue weighted by Gasteiger charge is 2.18. The van der Waals surface area contributed by atoms with Gasteiger partial charge in [0.2, 0.25) is 0 Å². The molecule has 0 N–H and O–H groups in total. The van der Waals surface area contributed by atoms with Crippen LogP contribution in [0.2, 0.25) is 0 Å². The van der Waals surface area contributed by atoms with Crippen molar-refractivity contribution in [1.29, 1.82) is 0 Å². The van der Waals surface area contributed by atoms with Crippen molar-refractivity contribution >= 4 is 5.97 Å². The highest BCUT2D eigenvalue weighted by Crippen LogP contribution is 2.09. The Morgan fingerprint density at radius 3 is 2.90 bits per heavy atom. The van der Waals surface area contributed by atoms with Crippen molar-refractivity contribution in [3.8, 4) is 0 Å². The van der Waals surface area contributed by atoms with E-state index in [-0.39, 0.29) is 5.69 Å². The number of carbonyl (C=O) groups is 1. The number of rotatable bonds is 5. The minimum atomic E-state index is -0.423. The van der Waals surface area contributed by atoms with Crippen molar-refractivity contribution in [2.75, 3.05) is 6.61 Å². The first-order valence-corrected chi connectivity index (χ1v) is 6.54. The Balaban J connectivity index is 2.09. The number of nitrogens with zero attached hydrogens (tertiary/aromatic N) is 4. The average Bonchev–Trinajstić information content (AvgIpc) is 2.79. The van der Waals surface area contributed by atoms with Crippen LogP contribution in [0.3, 0.4) is 0 Å². The maximum absolute atomic E-state index is 11.9. The van der Waals surface area contributed by atoms with Gasteiger partial charge in [0.05, 0.1) is 18.8 Å². The monoisotopic (exact) mass is 274 g/mol. The Kier molecular flexibility index (Phi) is 4.45. The van der Waals surface area contributed by atoms with E-state index in [2.05, 4.69) is 15.3 Å². The van der Waals surface area contributed by atoms with Gasteiger partial charge >= 0.3 is 5.97 Å². The second kappa shape index (κ2) is 6.27. The van der Waals surface area contributed by atoms with E-state index >= 15 is 0 Å². The largest absolute Gasteiger partial charge is 0.461 e. The molecule has 0 aliphatic rings. The van der Waals surface area contributed by atoms with Crippen LogP contribution >= 0.6 is 0 Å². The van der Waals surface area contributed by atoms with Gasteiger partial charge in [0, 0.05) is 12.4 Å². The van der Waals surface area contributed by atoms with Crippen molar-refractivity contribution in [1.82, 2.24) is 20.0 Å². The Bertz CT molecular complexity index is 578. The Morgan fingerprint density at radius 1 is 1.45 bits per heavy atom. The van der Waals surface area contributed by atoms with E-state index in [4.69, 9.17) is 4.74 Å². The molecule has 2 aromatic heterocycles. The summed E-state index contributed by atoms with van der Waals surface area (Å²) in [6.07, 6.45) is 3.48. The molecule has 0 radical (unpaired) electrons. The fourth-order valence-corrected chi connectivity index (χ4v) is 1.67. The molecule has 20 heavy (non-hydrogen) atoms. The van der Waals surface area contributed by atoms with E-state index in [1.165, 1.54) is 0 Å². The van der Waals surface area contributed by atoms with Gasteiger partial charge in [-0.2, -0.15) is 0 Å². The molecule has 2 rings (SSSR count). The molecule has 6 nitrogen and oxygen atoms in total. The number of carbonyl (C=O) groups excluding carboxylic acids is 1.